The van der Waals surface area contributed by atoms with Crippen LogP contribution in [-0.4, -0.2) is 22.9 Å². The molecule has 0 aliphatic heterocycles. The van der Waals surface area contributed by atoms with Gasteiger partial charge < -0.3 is 16.2 Å². The standard InChI is InChI=1S/C23H26N2O4S/c1-11-3-5-13(6-4-11)16-12(2)30-22(19(16)20(24)26)25-21(27)17-14-7-9-15(10-8-14)18(17)23(28)29/h3-6,14-15,17-18H,7-10H2,1-2H3,(H2,24,26)(H,25,27)(H,28,29). The van der Waals surface area contributed by atoms with Crippen molar-refractivity contribution in [3.8, 4) is 11.1 Å². The lowest BCUT2D eigenvalue weighted by Crippen LogP contribution is -2.49. The zero-order valence-corrected chi connectivity index (χ0v) is 17.9. The zero-order valence-electron chi connectivity index (χ0n) is 17.1. The molecule has 1 heterocycles. The molecule has 0 saturated heterocycles. The maximum Gasteiger partial charge on any atom is 0.307 e. The van der Waals surface area contributed by atoms with Gasteiger partial charge in [-0.15, -0.1) is 11.3 Å². The van der Waals surface area contributed by atoms with E-state index in [4.69, 9.17) is 5.73 Å². The van der Waals surface area contributed by atoms with E-state index in [1.165, 1.54) is 11.3 Å². The molecule has 4 N–H and O–H groups in total. The first-order chi connectivity index (χ1) is 14.3. The van der Waals surface area contributed by atoms with E-state index in [0.29, 0.717) is 10.6 Å². The number of anilines is 1. The summed E-state index contributed by atoms with van der Waals surface area (Å²) >= 11 is 1.31. The van der Waals surface area contributed by atoms with Crippen molar-refractivity contribution in [1.29, 1.82) is 0 Å². The fourth-order valence-corrected chi connectivity index (χ4v) is 6.40. The van der Waals surface area contributed by atoms with Gasteiger partial charge in [0.15, 0.2) is 0 Å². The predicted molar refractivity (Wildman–Crippen MR) is 116 cm³/mol. The molecule has 3 aliphatic carbocycles. The zero-order chi connectivity index (χ0) is 21.6. The summed E-state index contributed by atoms with van der Waals surface area (Å²) in [5.41, 5.74) is 8.70. The first kappa shape index (κ1) is 20.6. The molecule has 2 unspecified atom stereocenters. The highest BCUT2D eigenvalue weighted by Crippen LogP contribution is 2.50. The minimum atomic E-state index is -0.901. The minimum absolute atomic E-state index is 0.0482. The van der Waals surface area contributed by atoms with E-state index in [1.54, 1.807) is 0 Å². The van der Waals surface area contributed by atoms with Gasteiger partial charge in [-0.3, -0.25) is 14.4 Å². The van der Waals surface area contributed by atoms with Gasteiger partial charge in [0.25, 0.3) is 5.91 Å². The molecule has 1 aromatic carbocycles. The molecular formula is C23H26N2O4S. The van der Waals surface area contributed by atoms with E-state index in [9.17, 15) is 19.5 Å². The third-order valence-electron chi connectivity index (χ3n) is 6.71. The topological polar surface area (TPSA) is 109 Å². The second-order valence-corrected chi connectivity index (χ2v) is 9.75. The molecule has 3 saturated carbocycles. The van der Waals surface area contributed by atoms with E-state index in [0.717, 1.165) is 47.3 Å². The van der Waals surface area contributed by atoms with Gasteiger partial charge in [-0.05, 0) is 56.9 Å². The molecule has 158 valence electrons. The Labute approximate surface area is 179 Å². The van der Waals surface area contributed by atoms with Crippen molar-refractivity contribution in [2.24, 2.45) is 29.4 Å². The Morgan fingerprint density at radius 1 is 1.00 bits per heavy atom. The molecule has 2 amide bonds. The monoisotopic (exact) mass is 426 g/mol. The first-order valence-corrected chi connectivity index (χ1v) is 11.1. The molecule has 3 fully saturated rings. The summed E-state index contributed by atoms with van der Waals surface area (Å²) < 4.78 is 0. The fraction of sp³-hybridized carbons (Fsp3) is 0.435. The number of aryl methyl sites for hydroxylation is 2. The number of carboxylic acids is 1. The number of nitrogens with two attached hydrogens (primary N) is 1. The highest BCUT2D eigenvalue weighted by molar-refractivity contribution is 7.17. The second kappa shape index (κ2) is 7.87. The molecule has 3 aliphatic rings. The molecule has 5 rings (SSSR count). The molecule has 0 spiro atoms. The van der Waals surface area contributed by atoms with Gasteiger partial charge >= 0.3 is 5.97 Å². The van der Waals surface area contributed by atoms with Crippen LogP contribution in [0.4, 0.5) is 5.00 Å². The number of thiophene rings is 1. The quantitative estimate of drug-likeness (QED) is 0.665. The molecule has 7 heteroatoms. The van der Waals surface area contributed by atoms with Crippen molar-refractivity contribution in [2.45, 2.75) is 39.5 Å². The Bertz CT molecular complexity index is 1000. The van der Waals surface area contributed by atoms with Crippen molar-refractivity contribution in [3.63, 3.8) is 0 Å². The summed E-state index contributed by atoms with van der Waals surface area (Å²) in [6, 6.07) is 7.79. The van der Waals surface area contributed by atoms with E-state index < -0.39 is 23.7 Å². The average molecular weight is 427 g/mol. The molecule has 1 aromatic heterocycles. The van der Waals surface area contributed by atoms with Crippen LogP contribution in [0.25, 0.3) is 11.1 Å². The van der Waals surface area contributed by atoms with Crippen LogP contribution in [-0.2, 0) is 9.59 Å². The molecule has 0 radical (unpaired) electrons. The lowest BCUT2D eigenvalue weighted by molar-refractivity contribution is -0.156. The largest absolute Gasteiger partial charge is 0.481 e. The minimum Gasteiger partial charge on any atom is -0.481 e. The smallest absolute Gasteiger partial charge is 0.307 e. The highest BCUT2D eigenvalue weighted by atomic mass is 32.1. The van der Waals surface area contributed by atoms with Crippen LogP contribution < -0.4 is 11.1 Å². The first-order valence-electron chi connectivity index (χ1n) is 10.3. The Balaban J connectivity index is 1.68. The van der Waals surface area contributed by atoms with Crippen molar-refractivity contribution >= 4 is 34.1 Å². The van der Waals surface area contributed by atoms with E-state index in [-0.39, 0.29) is 17.7 Å². The number of carboxylic acid groups (broad SMARTS) is 1. The number of primary amides is 1. The predicted octanol–water partition coefficient (Wildman–Crippen LogP) is 4.21. The third-order valence-corrected chi connectivity index (χ3v) is 7.74. The van der Waals surface area contributed by atoms with Crippen LogP contribution in [0.15, 0.2) is 24.3 Å². The van der Waals surface area contributed by atoms with E-state index in [1.807, 2.05) is 38.1 Å². The summed E-state index contributed by atoms with van der Waals surface area (Å²) in [4.78, 5) is 38.4. The van der Waals surface area contributed by atoms with Crippen molar-refractivity contribution in [3.05, 3.63) is 40.3 Å². The fourth-order valence-electron chi connectivity index (χ4n) is 5.31. The summed E-state index contributed by atoms with van der Waals surface area (Å²) in [5.74, 6) is -2.92. The van der Waals surface area contributed by atoms with Gasteiger partial charge in [-0.1, -0.05) is 29.8 Å². The highest BCUT2D eigenvalue weighted by Gasteiger charge is 2.50. The number of hydrogen-bond donors (Lipinski definition) is 3. The molecule has 30 heavy (non-hydrogen) atoms. The number of amides is 2. The Hall–Kier alpha value is -2.67. The van der Waals surface area contributed by atoms with Gasteiger partial charge in [0.2, 0.25) is 5.91 Å². The maximum atomic E-state index is 13.2. The molecule has 2 bridgehead atoms. The van der Waals surface area contributed by atoms with Crippen LogP contribution in [0.5, 0.6) is 0 Å². The van der Waals surface area contributed by atoms with Gasteiger partial charge in [-0.25, -0.2) is 0 Å². The number of nitrogens with one attached hydrogen (secondary N) is 1. The lowest BCUT2D eigenvalue weighted by Gasteiger charge is -2.45. The molecular weight excluding hydrogens is 400 g/mol. The van der Waals surface area contributed by atoms with Crippen molar-refractivity contribution in [2.75, 3.05) is 5.32 Å². The van der Waals surface area contributed by atoms with E-state index >= 15 is 0 Å². The lowest BCUT2D eigenvalue weighted by atomic mass is 9.58. The Kier molecular flexibility index (Phi) is 5.40. The maximum absolute atomic E-state index is 13.2. The Morgan fingerprint density at radius 2 is 1.57 bits per heavy atom. The summed E-state index contributed by atoms with van der Waals surface area (Å²) in [6.45, 7) is 3.88. The summed E-state index contributed by atoms with van der Waals surface area (Å²) in [6.07, 6.45) is 3.50. The van der Waals surface area contributed by atoms with Gasteiger partial charge in [0.05, 0.1) is 17.4 Å². The molecule has 2 atom stereocenters. The summed E-state index contributed by atoms with van der Waals surface area (Å²) in [5, 5.41) is 13.1. The van der Waals surface area contributed by atoms with Crippen LogP contribution in [0.3, 0.4) is 0 Å². The van der Waals surface area contributed by atoms with Crippen LogP contribution in [0.1, 0.15) is 46.5 Å². The average Bonchev–Trinajstić information content (AvgIpc) is 3.04. The molecule has 6 nitrogen and oxygen atoms in total. The number of hydrogen-bond acceptors (Lipinski definition) is 4. The van der Waals surface area contributed by atoms with E-state index in [2.05, 4.69) is 5.32 Å². The number of carbonyl (C=O) groups excluding carboxylic acids is 2. The van der Waals surface area contributed by atoms with Crippen LogP contribution in [0, 0.1) is 37.5 Å². The Morgan fingerprint density at radius 3 is 2.10 bits per heavy atom. The molecule has 2 aromatic rings. The van der Waals surface area contributed by atoms with Gasteiger partial charge in [-0.2, -0.15) is 0 Å². The van der Waals surface area contributed by atoms with Crippen LogP contribution >= 0.6 is 11.3 Å². The normalized spacial score (nSPS) is 25.1. The van der Waals surface area contributed by atoms with Crippen LogP contribution in [0.2, 0.25) is 0 Å². The van der Waals surface area contributed by atoms with Crippen molar-refractivity contribution < 1.29 is 19.5 Å². The van der Waals surface area contributed by atoms with Gasteiger partial charge in [0, 0.05) is 10.4 Å². The number of carbonyl (C=O) groups is 3. The number of rotatable bonds is 5. The van der Waals surface area contributed by atoms with Gasteiger partial charge in [0.1, 0.15) is 5.00 Å². The number of aliphatic carboxylic acids is 1. The number of benzene rings is 1. The van der Waals surface area contributed by atoms with Crippen molar-refractivity contribution in [1.82, 2.24) is 0 Å². The second-order valence-electron chi connectivity index (χ2n) is 8.52. The SMILES string of the molecule is Cc1ccc(-c2c(C)sc(NC(=O)C3C4CCC(CC4)C3C(=O)O)c2C(N)=O)cc1. The third kappa shape index (κ3) is 3.51. The summed E-state index contributed by atoms with van der Waals surface area (Å²) in [7, 11) is 0. The number of fused-ring (bicyclic) bond motifs is 3.